The van der Waals surface area contributed by atoms with Crippen LogP contribution in [0.2, 0.25) is 0 Å². The first kappa shape index (κ1) is 25.0. The van der Waals surface area contributed by atoms with Gasteiger partial charge >= 0.3 is 0 Å². The second-order valence-electron chi connectivity index (χ2n) is 8.44. The van der Waals surface area contributed by atoms with Crippen LogP contribution in [0.3, 0.4) is 0 Å². The van der Waals surface area contributed by atoms with Crippen molar-refractivity contribution in [1.82, 2.24) is 5.06 Å². The predicted octanol–water partition coefficient (Wildman–Crippen LogP) is 6.93. The average molecular weight is 482 g/mol. The van der Waals surface area contributed by atoms with Gasteiger partial charge in [0, 0.05) is 24.6 Å². The average Bonchev–Trinajstić information content (AvgIpc) is 2.70. The van der Waals surface area contributed by atoms with Crippen molar-refractivity contribution in [2.45, 2.75) is 58.3 Å². The van der Waals surface area contributed by atoms with E-state index in [2.05, 4.69) is 26.0 Å². The number of hydroxylamine groups is 2. The molecule has 0 aromatic heterocycles. The fourth-order valence-corrected chi connectivity index (χ4v) is 4.83. The molecule has 2 aromatic rings. The van der Waals surface area contributed by atoms with E-state index in [0.29, 0.717) is 18.9 Å². The highest BCUT2D eigenvalue weighted by molar-refractivity contribution is 8.93. The Morgan fingerprint density at radius 2 is 1.53 bits per heavy atom. The Morgan fingerprint density at radius 1 is 0.967 bits per heavy atom. The van der Waals surface area contributed by atoms with Crippen molar-refractivity contribution < 1.29 is 13.6 Å². The second-order valence-corrected chi connectivity index (χ2v) is 8.44. The molecule has 1 fully saturated rings. The number of aryl methyl sites for hydroxylation is 2. The smallest absolute Gasteiger partial charge is 0.129 e. The zero-order valence-corrected chi connectivity index (χ0v) is 20.0. The molecule has 0 amide bonds. The molecule has 0 spiro atoms. The summed E-state index contributed by atoms with van der Waals surface area (Å²) in [4.78, 5) is 5.73. The first-order valence-corrected chi connectivity index (χ1v) is 10.8. The maximum atomic E-state index is 14.4. The molecular weight excluding hydrogens is 448 g/mol. The monoisotopic (exact) mass is 481 g/mol. The van der Waals surface area contributed by atoms with Gasteiger partial charge < -0.3 is 4.84 Å². The molecule has 30 heavy (non-hydrogen) atoms. The number of benzene rings is 2. The van der Waals surface area contributed by atoms with Crippen molar-refractivity contribution >= 4 is 17.0 Å². The van der Waals surface area contributed by atoms with Crippen molar-refractivity contribution in [2.75, 3.05) is 20.2 Å². The topological polar surface area (TPSA) is 12.5 Å². The van der Waals surface area contributed by atoms with Crippen molar-refractivity contribution in [2.24, 2.45) is 5.92 Å². The molecule has 0 saturated heterocycles. The second kappa shape index (κ2) is 11.9. The van der Waals surface area contributed by atoms with Gasteiger partial charge in [-0.2, -0.15) is 5.06 Å². The van der Waals surface area contributed by atoms with Gasteiger partial charge in [-0.1, -0.05) is 43.5 Å². The van der Waals surface area contributed by atoms with E-state index in [4.69, 9.17) is 4.84 Å². The number of halogens is 3. The van der Waals surface area contributed by atoms with Gasteiger partial charge in [-0.05, 0) is 67.9 Å². The lowest BCUT2D eigenvalue weighted by atomic mass is 9.85. The van der Waals surface area contributed by atoms with Crippen molar-refractivity contribution in [3.05, 3.63) is 70.3 Å². The van der Waals surface area contributed by atoms with E-state index in [9.17, 15) is 8.78 Å². The zero-order valence-electron chi connectivity index (χ0n) is 18.3. The van der Waals surface area contributed by atoms with E-state index in [1.165, 1.54) is 55.9 Å². The van der Waals surface area contributed by atoms with Gasteiger partial charge in [-0.3, -0.25) is 0 Å². The molecule has 3 rings (SSSR count). The molecule has 1 aliphatic carbocycles. The maximum Gasteiger partial charge on any atom is 0.129 e. The third-order valence-corrected chi connectivity index (χ3v) is 6.33. The normalized spacial score (nSPS) is 15.8. The molecular formula is C25H34BrF2NO. The number of hydrogen-bond donors (Lipinski definition) is 0. The molecule has 0 aliphatic heterocycles. The summed E-state index contributed by atoms with van der Waals surface area (Å²) >= 11 is 0. The van der Waals surface area contributed by atoms with Crippen LogP contribution in [0.4, 0.5) is 8.78 Å². The minimum atomic E-state index is -0.475. The van der Waals surface area contributed by atoms with E-state index in [1.54, 1.807) is 7.11 Å². The first-order valence-electron chi connectivity index (χ1n) is 10.8. The Bertz CT molecular complexity index is 767. The summed E-state index contributed by atoms with van der Waals surface area (Å²) in [5, 5.41) is 2.01. The Balaban J connectivity index is 0.00000320. The highest BCUT2D eigenvalue weighted by atomic mass is 79.9. The molecule has 1 saturated carbocycles. The van der Waals surface area contributed by atoms with E-state index in [-0.39, 0.29) is 28.5 Å². The van der Waals surface area contributed by atoms with E-state index in [0.717, 1.165) is 17.7 Å². The summed E-state index contributed by atoms with van der Waals surface area (Å²) in [5.41, 5.74) is 3.63. The maximum absolute atomic E-state index is 14.4. The summed E-state index contributed by atoms with van der Waals surface area (Å²) in [6.45, 7) is 5.64. The molecule has 2 aromatic carbocycles. The van der Waals surface area contributed by atoms with Crippen molar-refractivity contribution in [3.8, 4) is 0 Å². The summed E-state index contributed by atoms with van der Waals surface area (Å²) in [5.74, 6) is -0.367. The molecule has 0 bridgehead atoms. The van der Waals surface area contributed by atoms with Crippen LogP contribution in [0.25, 0.3) is 0 Å². The molecule has 0 heterocycles. The molecule has 1 atom stereocenters. The number of hydrogen-bond acceptors (Lipinski definition) is 2. The van der Waals surface area contributed by atoms with Crippen LogP contribution in [0.1, 0.15) is 60.3 Å². The minimum absolute atomic E-state index is 0. The summed E-state index contributed by atoms with van der Waals surface area (Å²) < 4.78 is 28.9. The van der Waals surface area contributed by atoms with Crippen LogP contribution in [0.5, 0.6) is 0 Å². The van der Waals surface area contributed by atoms with Gasteiger partial charge in [0.1, 0.15) is 11.6 Å². The van der Waals surface area contributed by atoms with Gasteiger partial charge in [0.15, 0.2) is 0 Å². The molecule has 1 unspecified atom stereocenters. The van der Waals surface area contributed by atoms with Crippen LogP contribution in [0, 0.1) is 31.4 Å². The van der Waals surface area contributed by atoms with Gasteiger partial charge in [-0.15, -0.1) is 17.0 Å². The third kappa shape index (κ3) is 6.35. The van der Waals surface area contributed by atoms with Crippen LogP contribution in [-0.2, 0) is 11.3 Å². The standard InChI is InChI=1S/C25H33F2NO.BrH/c1-18-9-7-10-19(2)25(18)21(15-22-23(26)13-8-14-24(22)27)17-28(29-3)16-20-11-5-4-6-12-20;/h7-10,13-14,20-21H,4-6,11-12,15-17H2,1-3H3;1H. The molecule has 0 N–H and O–H groups in total. The largest absolute Gasteiger partial charge is 0.302 e. The van der Waals surface area contributed by atoms with Gasteiger partial charge in [0.2, 0.25) is 0 Å². The number of rotatable bonds is 8. The third-order valence-electron chi connectivity index (χ3n) is 6.33. The SMILES string of the molecule is Br.CON(CC1CCCCC1)CC(Cc1c(F)cccc1F)c1c(C)cccc1C. The Labute approximate surface area is 190 Å². The molecule has 2 nitrogen and oxygen atoms in total. The number of nitrogens with zero attached hydrogens (tertiary/aromatic N) is 1. The Morgan fingerprint density at radius 3 is 2.10 bits per heavy atom. The molecule has 5 heteroatoms. The Kier molecular flexibility index (Phi) is 9.92. The van der Waals surface area contributed by atoms with Crippen molar-refractivity contribution in [1.29, 1.82) is 0 Å². The van der Waals surface area contributed by atoms with Crippen LogP contribution >= 0.6 is 17.0 Å². The van der Waals surface area contributed by atoms with E-state index < -0.39 is 11.6 Å². The van der Waals surface area contributed by atoms with Gasteiger partial charge in [0.05, 0.1) is 7.11 Å². The fraction of sp³-hybridized carbons (Fsp3) is 0.520. The molecule has 0 radical (unpaired) electrons. The van der Waals surface area contributed by atoms with Crippen LogP contribution in [-0.4, -0.2) is 25.3 Å². The fourth-order valence-electron chi connectivity index (χ4n) is 4.83. The van der Waals surface area contributed by atoms with Crippen LogP contribution < -0.4 is 0 Å². The molecule has 1 aliphatic rings. The van der Waals surface area contributed by atoms with Crippen LogP contribution in [0.15, 0.2) is 36.4 Å². The summed E-state index contributed by atoms with van der Waals surface area (Å²) in [6.07, 6.45) is 6.66. The summed E-state index contributed by atoms with van der Waals surface area (Å²) in [7, 11) is 1.70. The Hall–Kier alpha value is -1.30. The van der Waals surface area contributed by atoms with E-state index >= 15 is 0 Å². The zero-order chi connectivity index (χ0) is 20.8. The lowest BCUT2D eigenvalue weighted by molar-refractivity contribution is -0.144. The predicted molar refractivity (Wildman–Crippen MR) is 124 cm³/mol. The van der Waals surface area contributed by atoms with Gasteiger partial charge in [-0.25, -0.2) is 8.78 Å². The quantitative estimate of drug-likeness (QED) is 0.379. The highest BCUT2D eigenvalue weighted by Crippen LogP contribution is 2.31. The van der Waals surface area contributed by atoms with E-state index in [1.807, 2.05) is 11.1 Å². The van der Waals surface area contributed by atoms with Gasteiger partial charge in [0.25, 0.3) is 0 Å². The molecule has 166 valence electrons. The summed E-state index contributed by atoms with van der Waals surface area (Å²) in [6, 6.07) is 10.3. The highest BCUT2D eigenvalue weighted by Gasteiger charge is 2.25. The minimum Gasteiger partial charge on any atom is -0.302 e. The van der Waals surface area contributed by atoms with Crippen molar-refractivity contribution in [3.63, 3.8) is 0 Å². The lowest BCUT2D eigenvalue weighted by Crippen LogP contribution is -2.34. The lowest BCUT2D eigenvalue weighted by Gasteiger charge is -2.32. The first-order chi connectivity index (χ1) is 14.0.